The van der Waals surface area contributed by atoms with E-state index in [2.05, 4.69) is 21.4 Å². The Bertz CT molecular complexity index is 581. The molecule has 0 spiro atoms. The molecule has 0 aliphatic carbocycles. The van der Waals surface area contributed by atoms with Crippen LogP contribution < -0.4 is 10.2 Å². The van der Waals surface area contributed by atoms with E-state index >= 15 is 0 Å². The molecule has 1 atom stereocenters. The summed E-state index contributed by atoms with van der Waals surface area (Å²) in [4.78, 5) is 5.38. The van der Waals surface area contributed by atoms with Gasteiger partial charge in [-0.25, -0.2) is 0 Å². The van der Waals surface area contributed by atoms with Crippen molar-refractivity contribution >= 4 is 15.9 Å². The molecular weight excluding hydrogens is 306 g/mol. The monoisotopic (exact) mass is 317 g/mol. The number of para-hydroxylation sites is 1. The van der Waals surface area contributed by atoms with Crippen LogP contribution in [0.3, 0.4) is 0 Å². The van der Waals surface area contributed by atoms with E-state index in [4.69, 9.17) is 9.57 Å². The van der Waals surface area contributed by atoms with Gasteiger partial charge < -0.3 is 4.74 Å². The van der Waals surface area contributed by atoms with Crippen molar-refractivity contribution in [1.82, 2.24) is 5.48 Å². The number of rotatable bonds is 3. The fourth-order valence-corrected chi connectivity index (χ4v) is 2.17. The van der Waals surface area contributed by atoms with Crippen molar-refractivity contribution in [2.75, 3.05) is 0 Å². The van der Waals surface area contributed by atoms with Gasteiger partial charge in [-0.05, 0) is 51.8 Å². The zero-order chi connectivity index (χ0) is 13.1. The number of hydrogen-bond donors (Lipinski definition) is 1. The van der Waals surface area contributed by atoms with Gasteiger partial charge in [0, 0.05) is 0 Å². The minimum Gasteiger partial charge on any atom is -0.457 e. The molecule has 0 saturated carbocycles. The summed E-state index contributed by atoms with van der Waals surface area (Å²) in [5.74, 6) is 1.64. The van der Waals surface area contributed by atoms with Crippen LogP contribution >= 0.6 is 15.9 Å². The van der Waals surface area contributed by atoms with E-state index in [1.807, 2.05) is 60.7 Å². The molecule has 2 aromatic rings. The molecule has 1 N–H and O–H groups in total. The maximum absolute atomic E-state index is 5.74. The van der Waals surface area contributed by atoms with E-state index in [0.29, 0.717) is 0 Å². The molecule has 19 heavy (non-hydrogen) atoms. The van der Waals surface area contributed by atoms with Gasteiger partial charge in [-0.1, -0.05) is 30.3 Å². The lowest BCUT2D eigenvalue weighted by atomic mass is 10.1. The lowest BCUT2D eigenvalue weighted by Gasteiger charge is -2.09. The molecule has 0 unspecified atom stereocenters. The summed E-state index contributed by atoms with van der Waals surface area (Å²) in [6.07, 6.45) is 1.90. The summed E-state index contributed by atoms with van der Waals surface area (Å²) in [5.41, 5.74) is 3.84. The Morgan fingerprint density at radius 2 is 1.63 bits per heavy atom. The molecule has 1 aliphatic heterocycles. The molecule has 3 nitrogen and oxygen atoms in total. The first-order chi connectivity index (χ1) is 9.31. The second-order valence-electron chi connectivity index (χ2n) is 4.14. The molecule has 1 heterocycles. The summed E-state index contributed by atoms with van der Waals surface area (Å²) in [6, 6.07) is 17.6. The molecular formula is C15H12BrNO2. The number of halogens is 1. The molecule has 96 valence electrons. The summed E-state index contributed by atoms with van der Waals surface area (Å²) < 4.78 is 6.59. The second kappa shape index (κ2) is 5.47. The standard InChI is InChI=1S/C15H12BrNO2/c16-15-10-14(19-17-15)11-6-8-13(9-7-11)18-12-4-2-1-3-5-12/h1-10,14,17H/t14-/m0/s1. The van der Waals surface area contributed by atoms with Gasteiger partial charge in [-0.3, -0.25) is 10.3 Å². The van der Waals surface area contributed by atoms with Crippen LogP contribution in [0.4, 0.5) is 0 Å². The number of ether oxygens (including phenoxy) is 1. The fraction of sp³-hybridized carbons (Fsp3) is 0.0667. The lowest BCUT2D eigenvalue weighted by Crippen LogP contribution is -2.05. The summed E-state index contributed by atoms with van der Waals surface area (Å²) in [5, 5.41) is 0. The lowest BCUT2D eigenvalue weighted by molar-refractivity contribution is 0.0458. The first-order valence-corrected chi connectivity index (χ1v) is 6.72. The van der Waals surface area contributed by atoms with Gasteiger partial charge in [0.15, 0.2) is 0 Å². The smallest absolute Gasteiger partial charge is 0.131 e. The zero-order valence-corrected chi connectivity index (χ0v) is 11.6. The maximum atomic E-state index is 5.74. The predicted octanol–water partition coefficient (Wildman–Crippen LogP) is 4.29. The fourth-order valence-electron chi connectivity index (χ4n) is 1.84. The minimum atomic E-state index is -0.0693. The van der Waals surface area contributed by atoms with E-state index in [1.165, 1.54) is 0 Å². The Morgan fingerprint density at radius 3 is 2.26 bits per heavy atom. The molecule has 1 aliphatic rings. The van der Waals surface area contributed by atoms with Gasteiger partial charge >= 0.3 is 0 Å². The maximum Gasteiger partial charge on any atom is 0.131 e. The third-order valence-corrected chi connectivity index (χ3v) is 3.19. The van der Waals surface area contributed by atoms with Gasteiger partial charge in [0.2, 0.25) is 0 Å². The highest BCUT2D eigenvalue weighted by molar-refractivity contribution is 9.11. The third kappa shape index (κ3) is 2.97. The van der Waals surface area contributed by atoms with Crippen LogP contribution in [0, 0.1) is 0 Å². The molecule has 0 bridgehead atoms. The van der Waals surface area contributed by atoms with Crippen molar-refractivity contribution in [3.8, 4) is 11.5 Å². The molecule has 0 radical (unpaired) electrons. The van der Waals surface area contributed by atoms with Gasteiger partial charge in [-0.15, -0.1) is 0 Å². The highest BCUT2D eigenvalue weighted by Crippen LogP contribution is 2.28. The Kier molecular flexibility index (Phi) is 3.53. The van der Waals surface area contributed by atoms with E-state index in [-0.39, 0.29) is 6.10 Å². The summed E-state index contributed by atoms with van der Waals surface area (Å²) in [6.45, 7) is 0. The van der Waals surface area contributed by atoms with Crippen molar-refractivity contribution < 1.29 is 9.57 Å². The number of benzene rings is 2. The SMILES string of the molecule is BrC1=C[C@@H](c2ccc(Oc3ccccc3)cc2)ON1. The number of nitrogens with one attached hydrogen (secondary N) is 1. The van der Waals surface area contributed by atoms with Gasteiger partial charge in [0.25, 0.3) is 0 Å². The van der Waals surface area contributed by atoms with E-state index in [0.717, 1.165) is 21.7 Å². The van der Waals surface area contributed by atoms with Crippen LogP contribution in [-0.2, 0) is 4.84 Å². The summed E-state index contributed by atoms with van der Waals surface area (Å²) in [7, 11) is 0. The van der Waals surface area contributed by atoms with Crippen molar-refractivity contribution in [2.24, 2.45) is 0 Å². The van der Waals surface area contributed by atoms with Crippen LogP contribution in [0.1, 0.15) is 11.7 Å². The third-order valence-electron chi connectivity index (χ3n) is 2.77. The Labute approximate surface area is 119 Å². The van der Waals surface area contributed by atoms with Crippen LogP contribution in [0.25, 0.3) is 0 Å². The number of hydroxylamine groups is 1. The Morgan fingerprint density at radius 1 is 0.947 bits per heavy atom. The van der Waals surface area contributed by atoms with E-state index < -0.39 is 0 Å². The average molecular weight is 318 g/mol. The van der Waals surface area contributed by atoms with Crippen molar-refractivity contribution in [2.45, 2.75) is 6.10 Å². The molecule has 0 aromatic heterocycles. The highest BCUT2D eigenvalue weighted by atomic mass is 79.9. The number of hydrogen-bond acceptors (Lipinski definition) is 3. The summed E-state index contributed by atoms with van der Waals surface area (Å²) >= 11 is 3.33. The zero-order valence-electron chi connectivity index (χ0n) is 10.0. The first kappa shape index (κ1) is 12.3. The predicted molar refractivity (Wildman–Crippen MR) is 76.9 cm³/mol. The minimum absolute atomic E-state index is 0.0693. The van der Waals surface area contributed by atoms with E-state index in [1.54, 1.807) is 0 Å². The molecule has 4 heteroatoms. The first-order valence-electron chi connectivity index (χ1n) is 5.93. The van der Waals surface area contributed by atoms with Crippen molar-refractivity contribution in [1.29, 1.82) is 0 Å². The van der Waals surface area contributed by atoms with Crippen LogP contribution in [0.2, 0.25) is 0 Å². The largest absolute Gasteiger partial charge is 0.457 e. The normalized spacial score (nSPS) is 17.7. The molecule has 0 fully saturated rings. The Balaban J connectivity index is 1.73. The average Bonchev–Trinajstić information content (AvgIpc) is 2.87. The van der Waals surface area contributed by atoms with Crippen molar-refractivity contribution in [3.05, 3.63) is 70.8 Å². The quantitative estimate of drug-likeness (QED) is 0.856. The van der Waals surface area contributed by atoms with Gasteiger partial charge in [0.05, 0.1) is 0 Å². The van der Waals surface area contributed by atoms with Crippen LogP contribution in [0.15, 0.2) is 65.3 Å². The topological polar surface area (TPSA) is 30.5 Å². The molecule has 2 aromatic carbocycles. The second-order valence-corrected chi connectivity index (χ2v) is 4.99. The van der Waals surface area contributed by atoms with Gasteiger partial charge in [0.1, 0.15) is 22.2 Å². The highest BCUT2D eigenvalue weighted by Gasteiger charge is 2.16. The molecule has 0 saturated heterocycles. The Hall–Kier alpha value is -1.78. The van der Waals surface area contributed by atoms with Crippen LogP contribution in [-0.4, -0.2) is 0 Å². The molecule has 0 amide bonds. The molecule has 3 rings (SSSR count). The van der Waals surface area contributed by atoms with E-state index in [9.17, 15) is 0 Å². The van der Waals surface area contributed by atoms with Gasteiger partial charge in [-0.2, -0.15) is 0 Å². The van der Waals surface area contributed by atoms with Crippen molar-refractivity contribution in [3.63, 3.8) is 0 Å². The van der Waals surface area contributed by atoms with Crippen LogP contribution in [0.5, 0.6) is 11.5 Å².